The molecule has 1 aromatic rings. The number of hydrogen-bond acceptors (Lipinski definition) is 2. The van der Waals surface area contributed by atoms with Crippen molar-refractivity contribution in [1.82, 2.24) is 0 Å². The van der Waals surface area contributed by atoms with Crippen molar-refractivity contribution < 1.29 is 0 Å². The van der Waals surface area contributed by atoms with Crippen LogP contribution in [0.3, 0.4) is 0 Å². The predicted octanol–water partition coefficient (Wildman–Crippen LogP) is 2.42. The first-order valence-electron chi connectivity index (χ1n) is 3.88. The van der Waals surface area contributed by atoms with Gasteiger partial charge in [-0.3, -0.25) is 4.99 Å². The summed E-state index contributed by atoms with van der Waals surface area (Å²) >= 11 is 1.91. The van der Waals surface area contributed by atoms with E-state index in [4.69, 9.17) is 0 Å². The molecule has 0 spiro atoms. The van der Waals surface area contributed by atoms with Crippen LogP contribution in [0.2, 0.25) is 0 Å². The summed E-state index contributed by atoms with van der Waals surface area (Å²) in [7, 11) is 0. The number of aliphatic imine (C=N–C) groups is 1. The lowest BCUT2D eigenvalue weighted by Crippen LogP contribution is -2.05. The van der Waals surface area contributed by atoms with E-state index in [0.29, 0.717) is 0 Å². The van der Waals surface area contributed by atoms with Crippen molar-refractivity contribution in [2.75, 3.05) is 6.54 Å². The second-order valence-corrected chi connectivity index (χ2v) is 4.25. The zero-order chi connectivity index (χ0) is 7.84. The molecule has 0 amide bonds. The maximum absolute atomic E-state index is 4.41. The minimum atomic E-state index is 0.985. The fourth-order valence-electron chi connectivity index (χ4n) is 1.46. The first kappa shape index (κ1) is 7.04. The first-order valence-corrected chi connectivity index (χ1v) is 4.70. The van der Waals surface area contributed by atoms with Crippen LogP contribution in [0.5, 0.6) is 0 Å². The highest BCUT2D eigenvalue weighted by Gasteiger charge is 2.12. The molecule has 11 heavy (non-hydrogen) atoms. The van der Waals surface area contributed by atoms with Crippen molar-refractivity contribution in [2.24, 2.45) is 4.99 Å². The zero-order valence-electron chi connectivity index (χ0n) is 6.85. The Morgan fingerprint density at radius 2 is 2.27 bits per heavy atom. The lowest BCUT2D eigenvalue weighted by atomic mass is 10.1. The Kier molecular flexibility index (Phi) is 1.57. The van der Waals surface area contributed by atoms with E-state index < -0.39 is 0 Å². The molecule has 0 aromatic carbocycles. The Balaban J connectivity index is 2.55. The van der Waals surface area contributed by atoms with Gasteiger partial charge in [-0.05, 0) is 19.9 Å². The summed E-state index contributed by atoms with van der Waals surface area (Å²) in [5, 5.41) is 0. The Hall–Kier alpha value is -0.630. The summed E-state index contributed by atoms with van der Waals surface area (Å²) < 4.78 is 0. The third-order valence-electron chi connectivity index (χ3n) is 2.01. The second kappa shape index (κ2) is 2.45. The van der Waals surface area contributed by atoms with Crippen molar-refractivity contribution in [3.63, 3.8) is 0 Å². The maximum atomic E-state index is 4.41. The van der Waals surface area contributed by atoms with Crippen LogP contribution in [0.4, 0.5) is 0 Å². The van der Waals surface area contributed by atoms with Crippen LogP contribution in [0.1, 0.15) is 22.2 Å². The van der Waals surface area contributed by atoms with Gasteiger partial charge in [0, 0.05) is 34.0 Å². The van der Waals surface area contributed by atoms with Gasteiger partial charge >= 0.3 is 0 Å². The molecule has 0 fully saturated rings. The van der Waals surface area contributed by atoms with Gasteiger partial charge in [-0.15, -0.1) is 11.3 Å². The Bertz CT molecular complexity index is 309. The first-order chi connectivity index (χ1) is 5.27. The van der Waals surface area contributed by atoms with Crippen LogP contribution >= 0.6 is 11.3 Å². The molecular formula is C9H11NS. The van der Waals surface area contributed by atoms with Crippen molar-refractivity contribution in [3.05, 3.63) is 21.4 Å². The quantitative estimate of drug-likeness (QED) is 0.560. The Morgan fingerprint density at radius 1 is 1.45 bits per heavy atom. The number of nitrogens with zero attached hydrogens (tertiary/aromatic N) is 1. The molecule has 0 N–H and O–H groups in total. The van der Waals surface area contributed by atoms with Gasteiger partial charge in [-0.2, -0.15) is 0 Å². The molecule has 1 aromatic heterocycles. The van der Waals surface area contributed by atoms with Crippen molar-refractivity contribution in [1.29, 1.82) is 0 Å². The van der Waals surface area contributed by atoms with E-state index in [0.717, 1.165) is 13.0 Å². The minimum Gasteiger partial charge on any atom is -0.289 e. The van der Waals surface area contributed by atoms with Crippen LogP contribution in [0, 0.1) is 6.92 Å². The third-order valence-corrected chi connectivity index (χ3v) is 3.12. The predicted molar refractivity (Wildman–Crippen MR) is 49.8 cm³/mol. The molecule has 0 saturated heterocycles. The number of rotatable bonds is 0. The molecule has 0 unspecified atom stereocenters. The Morgan fingerprint density at radius 3 is 3.00 bits per heavy atom. The summed E-state index contributed by atoms with van der Waals surface area (Å²) in [6.07, 6.45) is 1.14. The van der Waals surface area contributed by atoms with Crippen LogP contribution in [0.15, 0.2) is 11.1 Å². The second-order valence-electron chi connectivity index (χ2n) is 2.91. The van der Waals surface area contributed by atoms with Gasteiger partial charge in [0.15, 0.2) is 0 Å². The molecule has 0 aliphatic carbocycles. The monoisotopic (exact) mass is 165 g/mol. The third kappa shape index (κ3) is 1.11. The van der Waals surface area contributed by atoms with Crippen molar-refractivity contribution in [2.45, 2.75) is 20.3 Å². The summed E-state index contributed by atoms with van der Waals surface area (Å²) in [6, 6.07) is 2.25. The SMILES string of the molecule is CC1=NCCc2sc(C)cc21. The molecule has 1 nitrogen and oxygen atoms in total. The molecule has 1 aliphatic rings. The topological polar surface area (TPSA) is 12.4 Å². The highest BCUT2D eigenvalue weighted by atomic mass is 32.1. The molecular weight excluding hydrogens is 154 g/mol. The van der Waals surface area contributed by atoms with E-state index in [-0.39, 0.29) is 0 Å². The summed E-state index contributed by atoms with van der Waals surface area (Å²) in [5.41, 5.74) is 2.61. The van der Waals surface area contributed by atoms with E-state index >= 15 is 0 Å². The number of aryl methyl sites for hydroxylation is 1. The fourth-order valence-corrected chi connectivity index (χ4v) is 2.54. The van der Waals surface area contributed by atoms with Gasteiger partial charge in [0.2, 0.25) is 0 Å². The zero-order valence-corrected chi connectivity index (χ0v) is 7.66. The van der Waals surface area contributed by atoms with E-state index in [2.05, 4.69) is 24.9 Å². The lowest BCUT2D eigenvalue weighted by Gasteiger charge is -2.07. The average molecular weight is 165 g/mol. The smallest absolute Gasteiger partial charge is 0.0441 e. The summed E-state index contributed by atoms with van der Waals surface area (Å²) in [5.74, 6) is 0. The summed E-state index contributed by atoms with van der Waals surface area (Å²) in [6.45, 7) is 5.25. The fraction of sp³-hybridized carbons (Fsp3) is 0.444. The van der Waals surface area contributed by atoms with E-state index in [1.165, 1.54) is 21.0 Å². The summed E-state index contributed by atoms with van der Waals surface area (Å²) in [4.78, 5) is 7.34. The van der Waals surface area contributed by atoms with Gasteiger partial charge in [0.05, 0.1) is 0 Å². The normalized spacial score (nSPS) is 16.0. The highest BCUT2D eigenvalue weighted by molar-refractivity contribution is 7.12. The van der Waals surface area contributed by atoms with Crippen LogP contribution in [-0.2, 0) is 6.42 Å². The van der Waals surface area contributed by atoms with E-state index in [1.54, 1.807) is 0 Å². The van der Waals surface area contributed by atoms with E-state index in [9.17, 15) is 0 Å². The highest BCUT2D eigenvalue weighted by Crippen LogP contribution is 2.25. The maximum Gasteiger partial charge on any atom is 0.0441 e. The standard InChI is InChI=1S/C9H11NS/c1-6-5-8-7(2)10-4-3-9(8)11-6/h5H,3-4H2,1-2H3. The molecule has 2 heteroatoms. The van der Waals surface area contributed by atoms with Gasteiger partial charge in [-0.25, -0.2) is 0 Å². The largest absolute Gasteiger partial charge is 0.289 e. The number of fused-ring (bicyclic) bond motifs is 1. The van der Waals surface area contributed by atoms with Crippen molar-refractivity contribution in [3.8, 4) is 0 Å². The van der Waals surface area contributed by atoms with Gasteiger partial charge in [0.25, 0.3) is 0 Å². The minimum absolute atomic E-state index is 0.985. The molecule has 1 aliphatic heterocycles. The van der Waals surface area contributed by atoms with E-state index in [1.807, 2.05) is 11.3 Å². The van der Waals surface area contributed by atoms with Crippen LogP contribution < -0.4 is 0 Å². The number of thiophene rings is 1. The Labute approximate surface area is 70.8 Å². The molecule has 2 heterocycles. The van der Waals surface area contributed by atoms with Gasteiger partial charge < -0.3 is 0 Å². The van der Waals surface area contributed by atoms with Crippen molar-refractivity contribution >= 4 is 17.0 Å². The lowest BCUT2D eigenvalue weighted by molar-refractivity contribution is 0.963. The van der Waals surface area contributed by atoms with Gasteiger partial charge in [0.1, 0.15) is 0 Å². The van der Waals surface area contributed by atoms with Gasteiger partial charge in [-0.1, -0.05) is 0 Å². The molecule has 0 radical (unpaired) electrons. The van der Waals surface area contributed by atoms with Crippen LogP contribution in [0.25, 0.3) is 0 Å². The molecule has 0 bridgehead atoms. The molecule has 58 valence electrons. The molecule has 2 rings (SSSR count). The van der Waals surface area contributed by atoms with Crippen LogP contribution in [-0.4, -0.2) is 12.3 Å². The average Bonchev–Trinajstić information content (AvgIpc) is 2.31. The number of hydrogen-bond donors (Lipinski definition) is 0. The molecule has 0 saturated carbocycles. The molecule has 0 atom stereocenters.